The van der Waals surface area contributed by atoms with Crippen molar-refractivity contribution in [1.82, 2.24) is 4.31 Å². The number of piperidine rings is 1. The van der Waals surface area contributed by atoms with Crippen molar-refractivity contribution in [3.8, 4) is 0 Å². The fourth-order valence-corrected chi connectivity index (χ4v) is 4.48. The molecule has 0 saturated carbocycles. The number of rotatable bonds is 3. The van der Waals surface area contributed by atoms with Crippen molar-refractivity contribution < 1.29 is 12.8 Å². The van der Waals surface area contributed by atoms with Crippen LogP contribution >= 0.6 is 12.4 Å². The third kappa shape index (κ3) is 3.14. The smallest absolute Gasteiger partial charge is 0.246 e. The van der Waals surface area contributed by atoms with Crippen LogP contribution in [0.1, 0.15) is 19.8 Å². The van der Waals surface area contributed by atoms with Gasteiger partial charge in [0.15, 0.2) is 0 Å². The van der Waals surface area contributed by atoms with Gasteiger partial charge in [-0.15, -0.1) is 12.4 Å². The van der Waals surface area contributed by atoms with Crippen LogP contribution < -0.4 is 5.73 Å². The summed E-state index contributed by atoms with van der Waals surface area (Å²) in [6, 6.07) is 5.22. The van der Waals surface area contributed by atoms with Gasteiger partial charge in [-0.2, -0.15) is 4.31 Å². The Morgan fingerprint density at radius 1 is 1.40 bits per heavy atom. The topological polar surface area (TPSA) is 63.4 Å². The number of nitrogens with zero attached hydrogens (tertiary/aromatic N) is 1. The van der Waals surface area contributed by atoms with E-state index in [-0.39, 0.29) is 35.8 Å². The average Bonchev–Trinajstić information content (AvgIpc) is 2.38. The van der Waals surface area contributed by atoms with Crippen molar-refractivity contribution in [3.05, 3.63) is 30.1 Å². The Morgan fingerprint density at radius 2 is 2.05 bits per heavy atom. The highest BCUT2D eigenvalue weighted by Gasteiger charge is 2.37. The van der Waals surface area contributed by atoms with Gasteiger partial charge in [0.1, 0.15) is 10.7 Å². The van der Waals surface area contributed by atoms with Gasteiger partial charge in [-0.1, -0.05) is 19.1 Å². The molecule has 1 saturated heterocycles. The van der Waals surface area contributed by atoms with Crippen LogP contribution in [0.2, 0.25) is 0 Å². The van der Waals surface area contributed by atoms with E-state index < -0.39 is 15.8 Å². The second-order valence-electron chi connectivity index (χ2n) is 4.97. The summed E-state index contributed by atoms with van der Waals surface area (Å²) in [6.07, 6.45) is 1.73. The molecular weight excluding hydrogens is 303 g/mol. The molecule has 1 fully saturated rings. The lowest BCUT2D eigenvalue weighted by Gasteiger charge is -2.38. The Balaban J connectivity index is 0.00000200. The molecule has 0 amide bonds. The Morgan fingerprint density at radius 3 is 2.65 bits per heavy atom. The number of sulfonamides is 1. The van der Waals surface area contributed by atoms with Crippen LogP contribution in [-0.2, 0) is 10.0 Å². The molecule has 2 atom stereocenters. The Labute approximate surface area is 125 Å². The molecule has 20 heavy (non-hydrogen) atoms. The fraction of sp³-hybridized carbons (Fsp3) is 0.538. The highest BCUT2D eigenvalue weighted by Crippen LogP contribution is 2.29. The molecule has 1 heterocycles. The maximum atomic E-state index is 13.7. The number of hydrogen-bond donors (Lipinski definition) is 1. The lowest BCUT2D eigenvalue weighted by Crippen LogP contribution is -2.51. The van der Waals surface area contributed by atoms with E-state index in [2.05, 4.69) is 0 Å². The molecule has 2 unspecified atom stereocenters. The highest BCUT2D eigenvalue weighted by molar-refractivity contribution is 7.89. The van der Waals surface area contributed by atoms with E-state index in [1.54, 1.807) is 0 Å². The third-order valence-corrected chi connectivity index (χ3v) is 5.69. The lowest BCUT2D eigenvalue weighted by atomic mass is 9.93. The maximum absolute atomic E-state index is 13.7. The standard InChI is InChI=1S/C13H19FN2O2S.ClH/c1-10-5-4-8-16(12(10)9-15)19(17,18)13-7-3-2-6-11(13)14;/h2-3,6-7,10,12H,4-5,8-9,15H2,1H3;1H. The van der Waals surface area contributed by atoms with E-state index in [1.165, 1.54) is 22.5 Å². The molecule has 1 aliphatic rings. The predicted molar refractivity (Wildman–Crippen MR) is 78.8 cm³/mol. The summed E-state index contributed by atoms with van der Waals surface area (Å²) in [4.78, 5) is -0.262. The van der Waals surface area contributed by atoms with Gasteiger partial charge in [0.25, 0.3) is 0 Å². The van der Waals surface area contributed by atoms with Crippen molar-refractivity contribution in [3.63, 3.8) is 0 Å². The van der Waals surface area contributed by atoms with Crippen molar-refractivity contribution in [2.24, 2.45) is 11.7 Å². The molecule has 4 nitrogen and oxygen atoms in total. The van der Waals surface area contributed by atoms with E-state index >= 15 is 0 Å². The molecule has 1 aliphatic heterocycles. The van der Waals surface area contributed by atoms with Gasteiger partial charge in [-0.05, 0) is 30.9 Å². The van der Waals surface area contributed by atoms with Crippen LogP contribution in [0.4, 0.5) is 4.39 Å². The van der Waals surface area contributed by atoms with Gasteiger partial charge < -0.3 is 5.73 Å². The summed E-state index contributed by atoms with van der Waals surface area (Å²) >= 11 is 0. The predicted octanol–water partition coefficient (Wildman–Crippen LogP) is 2.00. The number of nitrogens with two attached hydrogens (primary N) is 1. The number of benzene rings is 1. The minimum absolute atomic E-state index is 0. The van der Waals surface area contributed by atoms with E-state index in [0.717, 1.165) is 18.9 Å². The van der Waals surface area contributed by atoms with Crippen molar-refractivity contribution in [1.29, 1.82) is 0 Å². The minimum Gasteiger partial charge on any atom is -0.329 e. The molecule has 0 spiro atoms. The molecule has 2 rings (SSSR count). The summed E-state index contributed by atoms with van der Waals surface area (Å²) in [5.41, 5.74) is 5.70. The summed E-state index contributed by atoms with van der Waals surface area (Å²) in [5, 5.41) is 0. The zero-order valence-electron chi connectivity index (χ0n) is 11.3. The van der Waals surface area contributed by atoms with E-state index in [9.17, 15) is 12.8 Å². The quantitative estimate of drug-likeness (QED) is 0.925. The van der Waals surface area contributed by atoms with Gasteiger partial charge in [-0.3, -0.25) is 0 Å². The molecule has 114 valence electrons. The van der Waals surface area contributed by atoms with Gasteiger partial charge in [-0.25, -0.2) is 12.8 Å². The lowest BCUT2D eigenvalue weighted by molar-refractivity contribution is 0.192. The maximum Gasteiger partial charge on any atom is 0.246 e. The first-order chi connectivity index (χ1) is 8.98. The second-order valence-corrected chi connectivity index (χ2v) is 6.83. The Bertz CT molecular complexity index is 553. The van der Waals surface area contributed by atoms with E-state index in [4.69, 9.17) is 5.73 Å². The molecule has 0 bridgehead atoms. The zero-order chi connectivity index (χ0) is 14.0. The van der Waals surface area contributed by atoms with Crippen LogP contribution in [0.25, 0.3) is 0 Å². The van der Waals surface area contributed by atoms with Crippen molar-refractivity contribution >= 4 is 22.4 Å². The molecule has 0 radical (unpaired) electrons. The largest absolute Gasteiger partial charge is 0.329 e. The monoisotopic (exact) mass is 322 g/mol. The Hall–Kier alpha value is -0.690. The summed E-state index contributed by atoms with van der Waals surface area (Å²) in [6.45, 7) is 2.65. The second kappa shape index (κ2) is 6.85. The van der Waals surface area contributed by atoms with Crippen molar-refractivity contribution in [2.75, 3.05) is 13.1 Å². The van der Waals surface area contributed by atoms with Crippen molar-refractivity contribution in [2.45, 2.75) is 30.7 Å². The Kier molecular flexibility index (Phi) is 5.94. The summed E-state index contributed by atoms with van der Waals surface area (Å²) in [5.74, 6) is -0.517. The van der Waals surface area contributed by atoms with E-state index in [0.29, 0.717) is 6.54 Å². The molecule has 0 aliphatic carbocycles. The molecule has 0 aromatic heterocycles. The number of hydrogen-bond acceptors (Lipinski definition) is 3. The van der Waals surface area contributed by atoms with Gasteiger partial charge in [0, 0.05) is 19.1 Å². The van der Waals surface area contributed by atoms with Crippen LogP contribution in [-0.4, -0.2) is 31.9 Å². The summed E-state index contributed by atoms with van der Waals surface area (Å²) in [7, 11) is -3.81. The van der Waals surface area contributed by atoms with Crippen LogP contribution in [0.5, 0.6) is 0 Å². The van der Waals surface area contributed by atoms with Crippen LogP contribution in [0.15, 0.2) is 29.2 Å². The minimum atomic E-state index is -3.81. The molecular formula is C13H20ClFN2O2S. The first-order valence-corrected chi connectivity index (χ1v) is 7.89. The molecule has 1 aromatic rings. The molecule has 1 aromatic carbocycles. The van der Waals surface area contributed by atoms with Gasteiger partial charge >= 0.3 is 0 Å². The van der Waals surface area contributed by atoms with Crippen LogP contribution in [0.3, 0.4) is 0 Å². The highest BCUT2D eigenvalue weighted by atomic mass is 35.5. The van der Waals surface area contributed by atoms with Gasteiger partial charge in [0.2, 0.25) is 10.0 Å². The van der Waals surface area contributed by atoms with Gasteiger partial charge in [0.05, 0.1) is 0 Å². The first kappa shape index (κ1) is 17.4. The fourth-order valence-electron chi connectivity index (χ4n) is 2.64. The first-order valence-electron chi connectivity index (χ1n) is 6.45. The molecule has 2 N–H and O–H groups in total. The normalized spacial score (nSPS) is 24.1. The molecule has 7 heteroatoms. The summed E-state index contributed by atoms with van der Waals surface area (Å²) < 4.78 is 40.2. The van der Waals surface area contributed by atoms with Crippen LogP contribution in [0, 0.1) is 11.7 Å². The number of halogens is 2. The SMILES string of the molecule is CC1CCCN(S(=O)(=O)c2ccccc2F)C1CN.Cl. The third-order valence-electron chi connectivity index (χ3n) is 3.73. The zero-order valence-corrected chi connectivity index (χ0v) is 13.0. The van der Waals surface area contributed by atoms with E-state index in [1.807, 2.05) is 6.92 Å². The average molecular weight is 323 g/mol.